The molecule has 0 amide bonds. The molecule has 9 aromatic carbocycles. The molecule has 13 rings (SSSR count). The van der Waals surface area contributed by atoms with Gasteiger partial charge in [0, 0.05) is 49.3 Å². The third kappa shape index (κ3) is 5.02. The van der Waals surface area contributed by atoms with Crippen molar-refractivity contribution >= 4 is 60.9 Å². The van der Waals surface area contributed by atoms with E-state index in [0.717, 1.165) is 83.2 Å². The summed E-state index contributed by atoms with van der Waals surface area (Å²) in [5.74, 6) is 0. The maximum absolute atomic E-state index is 7.50. The van der Waals surface area contributed by atoms with Gasteiger partial charge in [-0.3, -0.25) is 0 Å². The number of benzene rings is 9. The second kappa shape index (κ2) is 13.0. The lowest BCUT2D eigenvalue weighted by atomic mass is 9.82. The predicted octanol–water partition coefficient (Wildman–Crippen LogP) is 16.9. The van der Waals surface area contributed by atoms with Crippen molar-refractivity contribution in [2.45, 2.75) is 38.5 Å². The first kappa shape index (κ1) is 36.1. The molecule has 0 saturated carbocycles. The van der Waals surface area contributed by atoms with Crippen LogP contribution in [0, 0.1) is 0 Å². The molecule has 11 aromatic rings. The summed E-state index contributed by atoms with van der Waals surface area (Å²) < 4.78 is 14.2. The summed E-state index contributed by atoms with van der Waals surface area (Å²) in [5, 5.41) is 4.18. The van der Waals surface area contributed by atoms with Gasteiger partial charge in [-0.2, -0.15) is 0 Å². The van der Waals surface area contributed by atoms with Crippen molar-refractivity contribution in [1.29, 1.82) is 0 Å². The molecular formula is C60H43NO2. The highest BCUT2D eigenvalue weighted by Crippen LogP contribution is 2.55. The Kier molecular flexibility index (Phi) is 7.42. The van der Waals surface area contributed by atoms with Crippen LogP contribution in [0.15, 0.2) is 197 Å². The van der Waals surface area contributed by atoms with Crippen LogP contribution in [0.4, 0.5) is 17.1 Å². The maximum Gasteiger partial charge on any atom is 0.159 e. The first-order chi connectivity index (χ1) is 30.8. The minimum atomic E-state index is -0.168. The van der Waals surface area contributed by atoms with Gasteiger partial charge in [0.05, 0.1) is 5.69 Å². The second-order valence-electron chi connectivity index (χ2n) is 18.4. The fourth-order valence-electron chi connectivity index (χ4n) is 11.2. The standard InChI is InChI=1S/C60H43NO2/c1-59(2)48-25-13-10-20-40(48)42-31-29-37(33-50(42)59)61(38-30-32-43-41-21-11-14-26-49(41)60(3,4)51(43)34-38)52-27-16-24-45-47-35-54-55(46-23-12-15-28-53(46)62-54)56(58(47)63-57(45)52)44-22-9-8-19-39(44)36-17-6-5-7-18-36/h5-35H,1-4H3. The largest absolute Gasteiger partial charge is 0.456 e. The van der Waals surface area contributed by atoms with Crippen LogP contribution in [-0.2, 0) is 10.8 Å². The monoisotopic (exact) mass is 809 g/mol. The van der Waals surface area contributed by atoms with E-state index in [2.05, 4.69) is 215 Å². The second-order valence-corrected chi connectivity index (χ2v) is 18.4. The van der Waals surface area contributed by atoms with Crippen LogP contribution in [0.5, 0.6) is 0 Å². The average molecular weight is 810 g/mol. The molecule has 0 fully saturated rings. The molecule has 2 aliphatic rings. The highest BCUT2D eigenvalue weighted by Gasteiger charge is 2.38. The van der Waals surface area contributed by atoms with E-state index in [4.69, 9.17) is 8.83 Å². The summed E-state index contributed by atoms with van der Waals surface area (Å²) in [7, 11) is 0. The van der Waals surface area contributed by atoms with E-state index < -0.39 is 0 Å². The average Bonchev–Trinajstić information content (AvgIpc) is 4.01. The maximum atomic E-state index is 7.50. The molecule has 2 aromatic heterocycles. The zero-order valence-corrected chi connectivity index (χ0v) is 35.7. The summed E-state index contributed by atoms with van der Waals surface area (Å²) >= 11 is 0. The molecule has 2 heterocycles. The molecule has 0 spiro atoms. The van der Waals surface area contributed by atoms with Gasteiger partial charge in [0.15, 0.2) is 5.58 Å². The van der Waals surface area contributed by atoms with Crippen LogP contribution in [0.25, 0.3) is 88.4 Å². The third-order valence-electron chi connectivity index (χ3n) is 14.3. The molecule has 3 nitrogen and oxygen atoms in total. The molecule has 0 N–H and O–H groups in total. The topological polar surface area (TPSA) is 29.5 Å². The van der Waals surface area contributed by atoms with Crippen molar-refractivity contribution in [1.82, 2.24) is 0 Å². The van der Waals surface area contributed by atoms with Gasteiger partial charge in [0.1, 0.15) is 16.7 Å². The van der Waals surface area contributed by atoms with Crippen LogP contribution >= 0.6 is 0 Å². The van der Waals surface area contributed by atoms with Gasteiger partial charge in [0.2, 0.25) is 0 Å². The van der Waals surface area contributed by atoms with Gasteiger partial charge >= 0.3 is 0 Å². The van der Waals surface area contributed by atoms with E-state index in [-0.39, 0.29) is 10.8 Å². The fourth-order valence-corrected chi connectivity index (χ4v) is 11.2. The number of para-hydroxylation sites is 2. The van der Waals surface area contributed by atoms with Gasteiger partial charge in [-0.25, -0.2) is 0 Å². The Labute approximate surface area is 366 Å². The number of rotatable bonds is 5. The van der Waals surface area contributed by atoms with E-state index in [1.807, 2.05) is 6.07 Å². The van der Waals surface area contributed by atoms with E-state index in [1.54, 1.807) is 0 Å². The van der Waals surface area contributed by atoms with Crippen molar-refractivity contribution in [3.05, 3.63) is 210 Å². The van der Waals surface area contributed by atoms with E-state index in [0.29, 0.717) is 0 Å². The van der Waals surface area contributed by atoms with Gasteiger partial charge in [-0.1, -0.05) is 173 Å². The SMILES string of the molecule is CC1(C)c2ccccc2-c2ccc(N(c3ccc4c(c3)C(C)(C)c3ccccc3-4)c3cccc4c3oc3c(-c5ccccc5-c5ccccc5)c5c(cc34)oc3ccccc35)cc21. The molecule has 3 heteroatoms. The van der Waals surface area contributed by atoms with Crippen LogP contribution in [0.2, 0.25) is 0 Å². The van der Waals surface area contributed by atoms with Crippen LogP contribution < -0.4 is 4.90 Å². The lowest BCUT2D eigenvalue weighted by molar-refractivity contribution is 0.659. The Morgan fingerprint density at radius 2 is 0.905 bits per heavy atom. The van der Waals surface area contributed by atoms with Crippen molar-refractivity contribution < 1.29 is 8.83 Å². The molecule has 63 heavy (non-hydrogen) atoms. The molecule has 0 unspecified atom stereocenters. The molecule has 2 aliphatic carbocycles. The van der Waals surface area contributed by atoms with Crippen molar-refractivity contribution in [3.63, 3.8) is 0 Å². The normalized spacial score (nSPS) is 14.3. The Morgan fingerprint density at radius 3 is 1.57 bits per heavy atom. The Hall–Kier alpha value is -7.62. The number of hydrogen-bond acceptors (Lipinski definition) is 3. The van der Waals surface area contributed by atoms with Crippen LogP contribution in [0.1, 0.15) is 49.9 Å². The first-order valence-corrected chi connectivity index (χ1v) is 22.0. The minimum Gasteiger partial charge on any atom is -0.456 e. The summed E-state index contributed by atoms with van der Waals surface area (Å²) in [6.07, 6.45) is 0. The summed E-state index contributed by atoms with van der Waals surface area (Å²) in [5.41, 5.74) is 21.2. The van der Waals surface area contributed by atoms with Crippen molar-refractivity contribution in [2.75, 3.05) is 4.90 Å². The molecular weight excluding hydrogens is 767 g/mol. The molecule has 0 radical (unpaired) electrons. The molecule has 0 atom stereocenters. The van der Waals surface area contributed by atoms with E-state index in [1.165, 1.54) is 44.5 Å². The lowest BCUT2D eigenvalue weighted by Gasteiger charge is -2.29. The summed E-state index contributed by atoms with van der Waals surface area (Å²) in [6, 6.07) is 68.4. The van der Waals surface area contributed by atoms with Gasteiger partial charge < -0.3 is 13.7 Å². The molecule has 300 valence electrons. The number of nitrogens with zero attached hydrogens (tertiary/aromatic N) is 1. The Morgan fingerprint density at radius 1 is 0.365 bits per heavy atom. The Balaban J connectivity index is 1.10. The quantitative estimate of drug-likeness (QED) is 0.173. The smallest absolute Gasteiger partial charge is 0.159 e. The van der Waals surface area contributed by atoms with Crippen molar-refractivity contribution in [2.24, 2.45) is 0 Å². The lowest BCUT2D eigenvalue weighted by Crippen LogP contribution is -2.18. The molecule has 0 bridgehead atoms. The van der Waals surface area contributed by atoms with Crippen LogP contribution in [-0.4, -0.2) is 0 Å². The highest BCUT2D eigenvalue weighted by atomic mass is 16.3. The molecule has 0 aliphatic heterocycles. The Bertz CT molecular complexity index is 3590. The third-order valence-corrected chi connectivity index (χ3v) is 14.3. The van der Waals surface area contributed by atoms with Gasteiger partial charge in [-0.15, -0.1) is 0 Å². The number of hydrogen-bond donors (Lipinski definition) is 0. The highest BCUT2D eigenvalue weighted by molar-refractivity contribution is 6.25. The fraction of sp³-hybridized carbons (Fsp3) is 0.100. The minimum absolute atomic E-state index is 0.168. The van der Waals surface area contributed by atoms with Gasteiger partial charge in [0.25, 0.3) is 0 Å². The zero-order chi connectivity index (χ0) is 42.2. The zero-order valence-electron chi connectivity index (χ0n) is 35.7. The van der Waals surface area contributed by atoms with E-state index in [9.17, 15) is 0 Å². The number of fused-ring (bicyclic) bond motifs is 12. The number of furan rings is 2. The number of anilines is 3. The predicted molar refractivity (Wildman–Crippen MR) is 262 cm³/mol. The summed E-state index contributed by atoms with van der Waals surface area (Å²) in [4.78, 5) is 2.43. The van der Waals surface area contributed by atoms with Gasteiger partial charge in [-0.05, 0) is 104 Å². The summed E-state index contributed by atoms with van der Waals surface area (Å²) in [6.45, 7) is 9.43. The molecule has 0 saturated heterocycles. The van der Waals surface area contributed by atoms with Crippen molar-refractivity contribution in [3.8, 4) is 44.5 Å². The van der Waals surface area contributed by atoms with Crippen LogP contribution in [0.3, 0.4) is 0 Å². The van der Waals surface area contributed by atoms with E-state index >= 15 is 0 Å². The first-order valence-electron chi connectivity index (χ1n) is 22.0.